The van der Waals surface area contributed by atoms with Gasteiger partial charge in [0.1, 0.15) is 0 Å². The Kier molecular flexibility index (Phi) is 2.99. The molecule has 0 N–H and O–H groups in total. The van der Waals surface area contributed by atoms with Crippen LogP contribution in [0.15, 0.2) is 6.20 Å². The van der Waals surface area contributed by atoms with Crippen molar-refractivity contribution >= 4 is 34.8 Å². The number of halogens is 1. The molecular formula is C10H11ClN2O2S. The van der Waals surface area contributed by atoms with Crippen LogP contribution in [0.1, 0.15) is 18.7 Å². The second kappa shape index (κ2) is 4.14. The van der Waals surface area contributed by atoms with Crippen LogP contribution in [0.25, 0.3) is 0 Å². The van der Waals surface area contributed by atoms with Crippen molar-refractivity contribution in [2.45, 2.75) is 20.4 Å². The van der Waals surface area contributed by atoms with Gasteiger partial charge in [0.15, 0.2) is 4.47 Å². The van der Waals surface area contributed by atoms with Gasteiger partial charge in [-0.1, -0.05) is 25.4 Å². The molecule has 1 aliphatic rings. The van der Waals surface area contributed by atoms with E-state index in [-0.39, 0.29) is 30.2 Å². The molecule has 1 aliphatic heterocycles. The normalized spacial score (nSPS) is 25.6. The highest BCUT2D eigenvalue weighted by molar-refractivity contribution is 7.15. The maximum absolute atomic E-state index is 11.8. The second-order valence-electron chi connectivity index (χ2n) is 3.92. The number of hydrogen-bond donors (Lipinski definition) is 0. The van der Waals surface area contributed by atoms with Crippen LogP contribution in [0.3, 0.4) is 0 Å². The topological polar surface area (TPSA) is 50.3 Å². The molecule has 0 aromatic carbocycles. The zero-order valence-corrected chi connectivity index (χ0v) is 10.5. The Bertz CT molecular complexity index is 426. The summed E-state index contributed by atoms with van der Waals surface area (Å²) in [6.45, 7) is 3.85. The number of rotatable bonds is 2. The van der Waals surface area contributed by atoms with E-state index in [2.05, 4.69) is 4.98 Å². The molecule has 1 aromatic rings. The number of carbonyl (C=O) groups is 2. The Hall–Kier alpha value is -0.940. The van der Waals surface area contributed by atoms with Crippen molar-refractivity contribution < 1.29 is 9.59 Å². The van der Waals surface area contributed by atoms with Crippen molar-refractivity contribution in [3.8, 4) is 0 Å². The summed E-state index contributed by atoms with van der Waals surface area (Å²) in [5, 5.41) is 0. The average Bonchev–Trinajstić information content (AvgIpc) is 2.73. The maximum atomic E-state index is 11.8. The summed E-state index contributed by atoms with van der Waals surface area (Å²) in [7, 11) is 0. The molecule has 16 heavy (non-hydrogen) atoms. The molecule has 0 bridgehead atoms. The van der Waals surface area contributed by atoms with Crippen LogP contribution < -0.4 is 0 Å². The molecule has 1 aromatic heterocycles. The molecule has 0 saturated carbocycles. The van der Waals surface area contributed by atoms with E-state index in [0.717, 1.165) is 4.88 Å². The number of thiazole rings is 1. The fourth-order valence-corrected chi connectivity index (χ4v) is 2.66. The molecule has 1 fully saturated rings. The summed E-state index contributed by atoms with van der Waals surface area (Å²) < 4.78 is 0.426. The molecule has 2 atom stereocenters. The highest BCUT2D eigenvalue weighted by atomic mass is 35.5. The number of amides is 2. The van der Waals surface area contributed by atoms with Gasteiger partial charge in [0.2, 0.25) is 11.8 Å². The van der Waals surface area contributed by atoms with Gasteiger partial charge in [-0.05, 0) is 0 Å². The molecular weight excluding hydrogens is 248 g/mol. The van der Waals surface area contributed by atoms with Crippen LogP contribution >= 0.6 is 22.9 Å². The number of hydrogen-bond acceptors (Lipinski definition) is 4. The van der Waals surface area contributed by atoms with Gasteiger partial charge in [-0.15, -0.1) is 11.3 Å². The largest absolute Gasteiger partial charge is 0.277 e. The Morgan fingerprint density at radius 2 is 1.94 bits per heavy atom. The van der Waals surface area contributed by atoms with E-state index in [1.54, 1.807) is 20.0 Å². The summed E-state index contributed by atoms with van der Waals surface area (Å²) in [4.78, 5) is 29.6. The minimum Gasteiger partial charge on any atom is -0.277 e. The Morgan fingerprint density at radius 1 is 1.38 bits per heavy atom. The molecule has 2 unspecified atom stereocenters. The Morgan fingerprint density at radius 3 is 2.38 bits per heavy atom. The van der Waals surface area contributed by atoms with Gasteiger partial charge >= 0.3 is 0 Å². The highest BCUT2D eigenvalue weighted by Gasteiger charge is 2.42. The molecule has 2 rings (SSSR count). The van der Waals surface area contributed by atoms with E-state index in [4.69, 9.17) is 11.6 Å². The molecule has 1 saturated heterocycles. The first-order valence-corrected chi connectivity index (χ1v) is 6.15. The molecule has 86 valence electrons. The van der Waals surface area contributed by atoms with E-state index in [0.29, 0.717) is 4.47 Å². The number of carbonyl (C=O) groups excluding carboxylic acids is 2. The lowest BCUT2D eigenvalue weighted by Crippen LogP contribution is -2.29. The quantitative estimate of drug-likeness (QED) is 0.762. The number of nitrogens with zero attached hydrogens (tertiary/aromatic N) is 2. The standard InChI is InChI=1S/C10H11ClN2O2S/c1-5-6(2)9(15)13(8(5)14)4-7-3-12-10(11)16-7/h3,5-6H,4H2,1-2H3. The summed E-state index contributed by atoms with van der Waals surface area (Å²) in [6, 6.07) is 0. The summed E-state index contributed by atoms with van der Waals surface area (Å²) in [5.74, 6) is -0.671. The molecule has 2 amide bonds. The first kappa shape index (κ1) is 11.5. The van der Waals surface area contributed by atoms with E-state index < -0.39 is 0 Å². The predicted molar refractivity (Wildman–Crippen MR) is 61.0 cm³/mol. The molecule has 6 heteroatoms. The number of aromatic nitrogens is 1. The van der Waals surface area contributed by atoms with Gasteiger partial charge in [-0.2, -0.15) is 0 Å². The van der Waals surface area contributed by atoms with Crippen LogP contribution in [-0.4, -0.2) is 21.7 Å². The van der Waals surface area contributed by atoms with Gasteiger partial charge in [-0.25, -0.2) is 4.98 Å². The minimum absolute atomic E-state index is 0.109. The van der Waals surface area contributed by atoms with Crippen molar-refractivity contribution in [2.75, 3.05) is 0 Å². The van der Waals surface area contributed by atoms with Crippen LogP contribution in [0.5, 0.6) is 0 Å². The Labute approximate surface area is 102 Å². The monoisotopic (exact) mass is 258 g/mol. The van der Waals surface area contributed by atoms with Gasteiger partial charge in [0.25, 0.3) is 0 Å². The van der Waals surface area contributed by atoms with Gasteiger partial charge in [0.05, 0.1) is 6.54 Å². The van der Waals surface area contributed by atoms with Gasteiger partial charge < -0.3 is 0 Å². The van der Waals surface area contributed by atoms with Gasteiger partial charge in [-0.3, -0.25) is 14.5 Å². The number of imide groups is 1. The zero-order chi connectivity index (χ0) is 11.9. The number of likely N-dealkylation sites (tertiary alicyclic amines) is 1. The second-order valence-corrected chi connectivity index (χ2v) is 5.62. The lowest BCUT2D eigenvalue weighted by molar-refractivity contribution is -0.140. The highest BCUT2D eigenvalue weighted by Crippen LogP contribution is 2.28. The average molecular weight is 259 g/mol. The zero-order valence-electron chi connectivity index (χ0n) is 8.94. The van der Waals surface area contributed by atoms with Crippen molar-refractivity contribution in [3.05, 3.63) is 15.5 Å². The summed E-state index contributed by atoms with van der Waals surface area (Å²) >= 11 is 6.98. The van der Waals surface area contributed by atoms with Gasteiger partial charge in [0, 0.05) is 22.9 Å². The van der Waals surface area contributed by atoms with Crippen LogP contribution in [0, 0.1) is 11.8 Å². The smallest absolute Gasteiger partial charge is 0.233 e. The van der Waals surface area contributed by atoms with Crippen LogP contribution in [0.2, 0.25) is 4.47 Å². The Balaban J connectivity index is 2.16. The summed E-state index contributed by atoms with van der Waals surface area (Å²) in [6.07, 6.45) is 1.60. The lowest BCUT2D eigenvalue weighted by atomic mass is 10.00. The lowest BCUT2D eigenvalue weighted by Gasteiger charge is -2.12. The van der Waals surface area contributed by atoms with Crippen molar-refractivity contribution in [2.24, 2.45) is 11.8 Å². The molecule has 0 spiro atoms. The van der Waals surface area contributed by atoms with Crippen LogP contribution in [0.4, 0.5) is 0 Å². The predicted octanol–water partition coefficient (Wildman–Crippen LogP) is 1.94. The van der Waals surface area contributed by atoms with E-state index >= 15 is 0 Å². The third-order valence-corrected chi connectivity index (χ3v) is 4.00. The van der Waals surface area contributed by atoms with Crippen LogP contribution in [-0.2, 0) is 16.1 Å². The summed E-state index contributed by atoms with van der Waals surface area (Å²) in [5.41, 5.74) is 0. The van der Waals surface area contributed by atoms with E-state index in [1.165, 1.54) is 16.2 Å². The first-order valence-electron chi connectivity index (χ1n) is 4.96. The minimum atomic E-state index is -0.226. The molecule has 2 heterocycles. The molecule has 4 nitrogen and oxygen atoms in total. The third-order valence-electron chi connectivity index (χ3n) is 2.90. The van der Waals surface area contributed by atoms with Crippen molar-refractivity contribution in [1.29, 1.82) is 0 Å². The fraction of sp³-hybridized carbons (Fsp3) is 0.500. The van der Waals surface area contributed by atoms with Crippen molar-refractivity contribution in [3.63, 3.8) is 0 Å². The van der Waals surface area contributed by atoms with E-state index in [9.17, 15) is 9.59 Å². The fourth-order valence-electron chi connectivity index (χ4n) is 1.70. The molecule has 0 radical (unpaired) electrons. The SMILES string of the molecule is CC1C(=O)N(Cc2cnc(Cl)s2)C(=O)C1C. The maximum Gasteiger partial charge on any atom is 0.233 e. The first-order chi connectivity index (χ1) is 7.50. The molecule has 0 aliphatic carbocycles. The van der Waals surface area contributed by atoms with Crippen molar-refractivity contribution in [1.82, 2.24) is 9.88 Å². The van der Waals surface area contributed by atoms with E-state index in [1.807, 2.05) is 0 Å². The third kappa shape index (κ3) is 1.85.